The Morgan fingerprint density at radius 1 is 0.980 bits per heavy atom. The van der Waals surface area contributed by atoms with Gasteiger partial charge in [-0.2, -0.15) is 4.31 Å². The first-order chi connectivity index (χ1) is 23.5. The summed E-state index contributed by atoms with van der Waals surface area (Å²) in [5.74, 6) is 0.548. The average Bonchev–Trinajstić information content (AvgIpc) is 3.36. The number of carbonyl (C=O) groups excluding carboxylic acids is 1. The first-order valence-corrected chi connectivity index (χ1v) is 18.8. The van der Waals surface area contributed by atoms with Crippen molar-refractivity contribution in [3.05, 3.63) is 71.9 Å². The van der Waals surface area contributed by atoms with Crippen molar-refractivity contribution in [1.82, 2.24) is 29.4 Å². The molecule has 0 atom stereocenters. The Morgan fingerprint density at radius 3 is 2.36 bits per heavy atom. The SMILES string of the molecule is CC(C)N(C(=O)c1cc(F)ccc1Oc1cncnc1N1CC2(CCN(Cc3ccc(S(=O)(=O)N4CCCNCC4)cc3)CC2)C1)C(C)C.Cl. The van der Waals surface area contributed by atoms with Gasteiger partial charge in [0.1, 0.15) is 17.9 Å². The summed E-state index contributed by atoms with van der Waals surface area (Å²) in [6.45, 7) is 14.6. The predicted molar refractivity (Wildman–Crippen MR) is 194 cm³/mol. The molecule has 1 spiro atoms. The molecule has 6 rings (SSSR count). The van der Waals surface area contributed by atoms with Gasteiger partial charge in [0.15, 0.2) is 11.6 Å². The average molecular weight is 730 g/mol. The van der Waals surface area contributed by atoms with E-state index < -0.39 is 15.8 Å². The zero-order valence-electron chi connectivity index (χ0n) is 29.3. The molecular formula is C36H49ClFN7O4S. The van der Waals surface area contributed by atoms with E-state index in [9.17, 15) is 17.6 Å². The second kappa shape index (κ2) is 15.9. The monoisotopic (exact) mass is 729 g/mol. The van der Waals surface area contributed by atoms with Crippen LogP contribution in [0, 0.1) is 11.2 Å². The van der Waals surface area contributed by atoms with Crippen molar-refractivity contribution in [3.8, 4) is 11.5 Å². The van der Waals surface area contributed by atoms with E-state index in [1.54, 1.807) is 27.5 Å². The smallest absolute Gasteiger partial charge is 0.258 e. The van der Waals surface area contributed by atoms with Crippen LogP contribution in [0.2, 0.25) is 0 Å². The standard InChI is InChI=1S/C36H48FN7O4S.ClH/c1-26(2)44(27(3)4)35(45)31-20-29(37)8-11-32(31)48-33-21-39-25-40-34(33)42-23-36(24-42)12-17-41(18-13-36)22-28-6-9-30(10-7-28)49(46,47)43-16-5-14-38-15-19-43;/h6-11,20-21,25-27,38H,5,12-19,22-24H2,1-4H3;1H. The number of sulfonamides is 1. The summed E-state index contributed by atoms with van der Waals surface area (Å²) in [7, 11) is -3.49. The Bertz CT molecular complexity index is 1710. The second-order valence-electron chi connectivity index (χ2n) is 14.1. The third-order valence-electron chi connectivity index (χ3n) is 9.93. The highest BCUT2D eigenvalue weighted by atomic mass is 35.5. The lowest BCUT2D eigenvalue weighted by Crippen LogP contribution is -2.60. The number of piperidine rings is 1. The summed E-state index contributed by atoms with van der Waals surface area (Å²) in [5.41, 5.74) is 1.44. The zero-order valence-corrected chi connectivity index (χ0v) is 31.0. The first kappa shape index (κ1) is 37.9. The maximum atomic E-state index is 14.4. The number of amides is 1. The van der Waals surface area contributed by atoms with Crippen molar-refractivity contribution in [2.75, 3.05) is 57.3 Å². The first-order valence-electron chi connectivity index (χ1n) is 17.3. The van der Waals surface area contributed by atoms with E-state index in [4.69, 9.17) is 4.74 Å². The number of carbonyl (C=O) groups is 1. The predicted octanol–water partition coefficient (Wildman–Crippen LogP) is 5.18. The molecule has 4 heterocycles. The third kappa shape index (κ3) is 8.23. The van der Waals surface area contributed by atoms with Crippen LogP contribution in [0.3, 0.4) is 0 Å². The largest absolute Gasteiger partial charge is 0.451 e. The minimum atomic E-state index is -3.49. The van der Waals surface area contributed by atoms with Gasteiger partial charge in [0, 0.05) is 56.8 Å². The molecule has 1 amide bonds. The zero-order chi connectivity index (χ0) is 34.8. The Kier molecular flexibility index (Phi) is 12.0. The molecule has 272 valence electrons. The van der Waals surface area contributed by atoms with Gasteiger partial charge in [-0.1, -0.05) is 12.1 Å². The fourth-order valence-corrected chi connectivity index (χ4v) is 8.83. The molecule has 50 heavy (non-hydrogen) atoms. The Hall–Kier alpha value is -3.36. The van der Waals surface area contributed by atoms with Crippen LogP contribution in [0.15, 0.2) is 59.9 Å². The lowest BCUT2D eigenvalue weighted by molar-refractivity contribution is 0.0640. The van der Waals surface area contributed by atoms with Gasteiger partial charge in [0.25, 0.3) is 5.91 Å². The highest BCUT2D eigenvalue weighted by molar-refractivity contribution is 7.89. The van der Waals surface area contributed by atoms with Crippen LogP contribution < -0.4 is 15.0 Å². The number of nitrogens with zero attached hydrogens (tertiary/aromatic N) is 6. The van der Waals surface area contributed by atoms with Gasteiger partial charge in [-0.3, -0.25) is 9.69 Å². The van der Waals surface area contributed by atoms with Crippen molar-refractivity contribution in [2.45, 2.75) is 70.5 Å². The maximum absolute atomic E-state index is 14.4. The van der Waals surface area contributed by atoms with Crippen LogP contribution in [0.25, 0.3) is 0 Å². The van der Waals surface area contributed by atoms with Crippen LogP contribution >= 0.6 is 12.4 Å². The highest BCUT2D eigenvalue weighted by Crippen LogP contribution is 2.45. The van der Waals surface area contributed by atoms with Crippen molar-refractivity contribution in [2.24, 2.45) is 5.41 Å². The topological polar surface area (TPSA) is 111 Å². The van der Waals surface area contributed by atoms with Crippen LogP contribution in [-0.2, 0) is 16.6 Å². The number of nitrogens with one attached hydrogen (secondary N) is 1. The van der Waals surface area contributed by atoms with E-state index in [1.807, 2.05) is 39.8 Å². The maximum Gasteiger partial charge on any atom is 0.258 e. The van der Waals surface area contributed by atoms with Crippen LogP contribution in [0.1, 0.15) is 62.9 Å². The number of likely N-dealkylation sites (tertiary alicyclic amines) is 1. The van der Waals surface area contributed by atoms with Crippen molar-refractivity contribution in [3.63, 3.8) is 0 Å². The molecule has 14 heteroatoms. The van der Waals surface area contributed by atoms with E-state index in [1.165, 1.54) is 24.5 Å². The molecule has 0 aliphatic carbocycles. The van der Waals surface area contributed by atoms with E-state index in [0.29, 0.717) is 36.1 Å². The third-order valence-corrected chi connectivity index (χ3v) is 11.8. The molecule has 11 nitrogen and oxygen atoms in total. The number of anilines is 1. The lowest BCUT2D eigenvalue weighted by atomic mass is 9.72. The van der Waals surface area contributed by atoms with Gasteiger partial charge in [-0.15, -0.1) is 12.4 Å². The Labute approximate surface area is 301 Å². The molecule has 1 N–H and O–H groups in total. The van der Waals surface area contributed by atoms with Gasteiger partial charge in [0.2, 0.25) is 10.0 Å². The van der Waals surface area contributed by atoms with E-state index in [2.05, 4.69) is 25.1 Å². The molecule has 0 saturated carbocycles. The van der Waals surface area contributed by atoms with Crippen LogP contribution in [0.5, 0.6) is 11.5 Å². The number of hydrogen-bond acceptors (Lipinski definition) is 9. The summed E-state index contributed by atoms with van der Waals surface area (Å²) in [5, 5.41) is 3.26. The molecule has 3 aliphatic rings. The summed E-state index contributed by atoms with van der Waals surface area (Å²) in [6, 6.07) is 11.3. The number of hydrogen-bond donors (Lipinski definition) is 1. The molecule has 3 fully saturated rings. The molecule has 0 bridgehead atoms. The van der Waals surface area contributed by atoms with Crippen molar-refractivity contribution < 1.29 is 22.3 Å². The Morgan fingerprint density at radius 2 is 1.68 bits per heavy atom. The molecule has 2 aromatic carbocycles. The minimum Gasteiger partial charge on any atom is -0.451 e. The number of aromatic nitrogens is 2. The minimum absolute atomic E-state index is 0. The number of benzene rings is 2. The number of rotatable bonds is 10. The van der Waals surface area contributed by atoms with E-state index >= 15 is 0 Å². The van der Waals surface area contributed by atoms with Gasteiger partial charge < -0.3 is 19.9 Å². The van der Waals surface area contributed by atoms with Crippen LogP contribution in [-0.4, -0.2) is 103 Å². The molecular weight excluding hydrogens is 681 g/mol. The van der Waals surface area contributed by atoms with E-state index in [-0.39, 0.29) is 47.1 Å². The summed E-state index contributed by atoms with van der Waals surface area (Å²) in [6.07, 6.45) is 5.98. The summed E-state index contributed by atoms with van der Waals surface area (Å²) in [4.78, 5) is 29.0. The molecule has 0 unspecified atom stereocenters. The quantitative estimate of drug-likeness (QED) is 0.302. The van der Waals surface area contributed by atoms with Gasteiger partial charge >= 0.3 is 0 Å². The lowest BCUT2D eigenvalue weighted by Gasteiger charge is -2.54. The van der Waals surface area contributed by atoms with Crippen molar-refractivity contribution >= 4 is 34.2 Å². The van der Waals surface area contributed by atoms with Gasteiger partial charge in [-0.25, -0.2) is 22.8 Å². The van der Waals surface area contributed by atoms with E-state index in [0.717, 1.165) is 64.1 Å². The van der Waals surface area contributed by atoms with Gasteiger partial charge in [-0.05, 0) is 102 Å². The Balaban J connectivity index is 0.00000486. The van der Waals surface area contributed by atoms with Crippen molar-refractivity contribution in [1.29, 1.82) is 0 Å². The molecule has 3 aliphatic heterocycles. The highest BCUT2D eigenvalue weighted by Gasteiger charge is 2.46. The summed E-state index contributed by atoms with van der Waals surface area (Å²) < 4.78 is 48.6. The summed E-state index contributed by atoms with van der Waals surface area (Å²) >= 11 is 0. The normalized spacial score (nSPS) is 18.4. The second-order valence-corrected chi connectivity index (χ2v) is 16.1. The molecule has 3 aromatic rings. The molecule has 1 aromatic heterocycles. The van der Waals surface area contributed by atoms with Crippen LogP contribution in [0.4, 0.5) is 10.2 Å². The fourth-order valence-electron chi connectivity index (χ4n) is 7.35. The van der Waals surface area contributed by atoms with Gasteiger partial charge in [0.05, 0.1) is 16.7 Å². The number of halogens is 2. The molecule has 0 radical (unpaired) electrons. The number of ether oxygens (including phenoxy) is 1. The molecule has 3 saturated heterocycles. The fraction of sp³-hybridized carbons (Fsp3) is 0.528.